The Balaban J connectivity index is 2.20. The minimum absolute atomic E-state index is 0.00667. The summed E-state index contributed by atoms with van der Waals surface area (Å²) in [7, 11) is 1.64. The summed E-state index contributed by atoms with van der Waals surface area (Å²) in [5.74, 6) is 1.03. The zero-order valence-electron chi connectivity index (χ0n) is 11.6. The molecule has 0 radical (unpaired) electrons. The molecule has 1 amide bonds. The lowest BCUT2D eigenvalue weighted by molar-refractivity contribution is -0.119. The molecule has 4 heteroatoms. The molecule has 20 heavy (non-hydrogen) atoms. The van der Waals surface area contributed by atoms with Gasteiger partial charge >= 0.3 is 0 Å². The number of phenols is 1. The lowest BCUT2D eigenvalue weighted by Crippen LogP contribution is -2.38. The predicted molar refractivity (Wildman–Crippen MR) is 77.2 cm³/mol. The van der Waals surface area contributed by atoms with E-state index in [1.807, 2.05) is 18.2 Å². The molecule has 0 saturated heterocycles. The van der Waals surface area contributed by atoms with Gasteiger partial charge in [0.2, 0.25) is 5.91 Å². The molecule has 4 nitrogen and oxygen atoms in total. The van der Waals surface area contributed by atoms with Gasteiger partial charge in [-0.05, 0) is 35.7 Å². The molecule has 2 aromatic rings. The Hall–Kier alpha value is -2.23. The third-order valence-corrected chi connectivity index (χ3v) is 3.86. The molecule has 3 rings (SSSR count). The number of nitrogens with one attached hydrogen (secondary N) is 1. The summed E-state index contributed by atoms with van der Waals surface area (Å²) >= 11 is 0. The maximum atomic E-state index is 11.3. The second-order valence-corrected chi connectivity index (χ2v) is 5.21. The third-order valence-electron chi connectivity index (χ3n) is 3.86. The summed E-state index contributed by atoms with van der Waals surface area (Å²) in [6.07, 6.45) is 1.36. The molecular weight excluding hydrogens is 254 g/mol. The average Bonchev–Trinajstić information content (AvgIpc) is 2.42. The molecule has 0 bridgehead atoms. The van der Waals surface area contributed by atoms with Crippen LogP contribution in [-0.4, -0.2) is 24.2 Å². The van der Waals surface area contributed by atoms with E-state index in [1.165, 1.54) is 6.92 Å². The summed E-state index contributed by atoms with van der Waals surface area (Å²) in [5, 5.41) is 15.2. The van der Waals surface area contributed by atoms with E-state index in [0.29, 0.717) is 6.42 Å². The number of amides is 1. The fraction of sp³-hybridized carbons (Fsp3) is 0.312. The first kappa shape index (κ1) is 12.8. The maximum absolute atomic E-state index is 11.3. The fourth-order valence-electron chi connectivity index (χ4n) is 3.09. The van der Waals surface area contributed by atoms with Crippen molar-refractivity contribution in [1.82, 2.24) is 5.32 Å². The molecule has 1 atom stereocenters. The molecule has 0 unspecified atom stereocenters. The molecule has 0 spiro atoms. The molecule has 104 valence electrons. The van der Waals surface area contributed by atoms with Gasteiger partial charge < -0.3 is 15.2 Å². The van der Waals surface area contributed by atoms with Gasteiger partial charge in [0, 0.05) is 24.1 Å². The van der Waals surface area contributed by atoms with E-state index in [4.69, 9.17) is 4.74 Å². The van der Waals surface area contributed by atoms with Crippen LogP contribution in [-0.2, 0) is 17.6 Å². The molecule has 0 aromatic heterocycles. The number of phenolic OH excluding ortho intramolecular Hbond substituents is 1. The first-order valence-electron chi connectivity index (χ1n) is 6.67. The van der Waals surface area contributed by atoms with Gasteiger partial charge in [0.05, 0.1) is 7.11 Å². The van der Waals surface area contributed by atoms with Gasteiger partial charge in [-0.1, -0.05) is 12.1 Å². The van der Waals surface area contributed by atoms with E-state index < -0.39 is 0 Å². The molecule has 0 aliphatic heterocycles. The summed E-state index contributed by atoms with van der Waals surface area (Å²) in [6.45, 7) is 1.51. The highest BCUT2D eigenvalue weighted by molar-refractivity contribution is 5.93. The second kappa shape index (κ2) is 4.71. The Morgan fingerprint density at radius 2 is 1.95 bits per heavy atom. The van der Waals surface area contributed by atoms with Gasteiger partial charge in [-0.25, -0.2) is 0 Å². The van der Waals surface area contributed by atoms with Crippen molar-refractivity contribution in [2.24, 2.45) is 0 Å². The van der Waals surface area contributed by atoms with E-state index in [1.54, 1.807) is 13.2 Å². The van der Waals surface area contributed by atoms with E-state index in [0.717, 1.165) is 34.1 Å². The van der Waals surface area contributed by atoms with Gasteiger partial charge in [0.1, 0.15) is 11.5 Å². The number of aromatic hydroxyl groups is 1. The monoisotopic (exact) mass is 271 g/mol. The zero-order chi connectivity index (χ0) is 14.3. The Kier molecular flexibility index (Phi) is 3.01. The Bertz CT molecular complexity index is 694. The number of methoxy groups -OCH3 is 1. The molecule has 0 saturated carbocycles. The lowest BCUT2D eigenvalue weighted by Gasteiger charge is -2.27. The molecule has 2 N–H and O–H groups in total. The number of carbonyl (C=O) groups is 1. The molecule has 1 aliphatic carbocycles. The van der Waals surface area contributed by atoms with Crippen molar-refractivity contribution < 1.29 is 14.6 Å². The average molecular weight is 271 g/mol. The van der Waals surface area contributed by atoms with Crippen LogP contribution in [0.5, 0.6) is 11.5 Å². The highest BCUT2D eigenvalue weighted by Gasteiger charge is 2.26. The standard InChI is InChI=1S/C16H17NO3/c1-9(18)17-11-7-12-14(19)5-3-10-4-6-15(20-2)13(8-11)16(10)12/h3-6,11,19H,7-8H2,1-2H3,(H,17,18)/t11-/m0/s1. The zero-order valence-corrected chi connectivity index (χ0v) is 11.6. The van der Waals surface area contributed by atoms with Gasteiger partial charge in [-0.15, -0.1) is 0 Å². The number of hydrogen-bond acceptors (Lipinski definition) is 3. The van der Waals surface area contributed by atoms with E-state index >= 15 is 0 Å². The van der Waals surface area contributed by atoms with Crippen molar-refractivity contribution in [2.75, 3.05) is 7.11 Å². The van der Waals surface area contributed by atoms with Crippen LogP contribution >= 0.6 is 0 Å². The first-order valence-corrected chi connectivity index (χ1v) is 6.67. The quantitative estimate of drug-likeness (QED) is 0.880. The Morgan fingerprint density at radius 3 is 2.65 bits per heavy atom. The van der Waals surface area contributed by atoms with Crippen molar-refractivity contribution in [3.8, 4) is 11.5 Å². The van der Waals surface area contributed by atoms with Crippen molar-refractivity contribution in [3.63, 3.8) is 0 Å². The smallest absolute Gasteiger partial charge is 0.217 e. The Morgan fingerprint density at radius 1 is 1.25 bits per heavy atom. The van der Waals surface area contributed by atoms with Crippen LogP contribution in [0, 0.1) is 0 Å². The number of carbonyl (C=O) groups excluding carboxylic acids is 1. The van der Waals surface area contributed by atoms with Crippen molar-refractivity contribution >= 4 is 16.7 Å². The number of ether oxygens (including phenoxy) is 1. The highest BCUT2D eigenvalue weighted by atomic mass is 16.5. The van der Waals surface area contributed by atoms with Crippen LogP contribution in [0.15, 0.2) is 24.3 Å². The first-order chi connectivity index (χ1) is 9.60. The molecule has 0 fully saturated rings. The van der Waals surface area contributed by atoms with Crippen molar-refractivity contribution in [2.45, 2.75) is 25.8 Å². The van der Waals surface area contributed by atoms with Crippen LogP contribution in [0.25, 0.3) is 10.8 Å². The van der Waals surface area contributed by atoms with E-state index in [9.17, 15) is 9.90 Å². The lowest BCUT2D eigenvalue weighted by atomic mass is 9.84. The van der Waals surface area contributed by atoms with Crippen LogP contribution < -0.4 is 10.1 Å². The molecule has 0 heterocycles. The SMILES string of the molecule is COc1ccc2ccc(O)c3c2c1C[C@@H](NC(C)=O)C3. The van der Waals surface area contributed by atoms with Gasteiger partial charge in [-0.3, -0.25) is 4.79 Å². The van der Waals surface area contributed by atoms with Gasteiger partial charge in [0.15, 0.2) is 0 Å². The summed E-state index contributed by atoms with van der Waals surface area (Å²) in [6, 6.07) is 7.56. The number of rotatable bonds is 2. The van der Waals surface area contributed by atoms with Crippen LogP contribution in [0.2, 0.25) is 0 Å². The summed E-state index contributed by atoms with van der Waals surface area (Å²) < 4.78 is 5.43. The predicted octanol–water partition coefficient (Wildman–Crippen LogP) is 2.16. The Labute approximate surface area is 117 Å². The minimum atomic E-state index is -0.0555. The van der Waals surface area contributed by atoms with E-state index in [-0.39, 0.29) is 17.7 Å². The van der Waals surface area contributed by atoms with Gasteiger partial charge in [-0.2, -0.15) is 0 Å². The molecule has 2 aromatic carbocycles. The van der Waals surface area contributed by atoms with E-state index in [2.05, 4.69) is 5.32 Å². The van der Waals surface area contributed by atoms with Gasteiger partial charge in [0.25, 0.3) is 0 Å². The minimum Gasteiger partial charge on any atom is -0.508 e. The van der Waals surface area contributed by atoms with Crippen LogP contribution in [0.4, 0.5) is 0 Å². The summed E-state index contributed by atoms with van der Waals surface area (Å²) in [5.41, 5.74) is 1.95. The number of hydrogen-bond donors (Lipinski definition) is 2. The third kappa shape index (κ3) is 1.97. The number of benzene rings is 2. The second-order valence-electron chi connectivity index (χ2n) is 5.21. The fourth-order valence-corrected chi connectivity index (χ4v) is 3.09. The van der Waals surface area contributed by atoms with Crippen molar-refractivity contribution in [3.05, 3.63) is 35.4 Å². The maximum Gasteiger partial charge on any atom is 0.217 e. The largest absolute Gasteiger partial charge is 0.508 e. The normalized spacial score (nSPS) is 17.0. The molecular formula is C16H17NO3. The van der Waals surface area contributed by atoms with Crippen LogP contribution in [0.3, 0.4) is 0 Å². The highest BCUT2D eigenvalue weighted by Crippen LogP contribution is 2.39. The van der Waals surface area contributed by atoms with Crippen LogP contribution in [0.1, 0.15) is 18.1 Å². The topological polar surface area (TPSA) is 58.6 Å². The molecule has 1 aliphatic rings. The van der Waals surface area contributed by atoms with Crippen molar-refractivity contribution in [1.29, 1.82) is 0 Å². The summed E-state index contributed by atoms with van der Waals surface area (Å²) in [4.78, 5) is 11.3.